The van der Waals surface area contributed by atoms with Gasteiger partial charge in [-0.15, -0.1) is 0 Å². The third-order valence-corrected chi connectivity index (χ3v) is 21.4. The van der Waals surface area contributed by atoms with Crippen LogP contribution in [0.2, 0.25) is 0 Å². The van der Waals surface area contributed by atoms with Crippen molar-refractivity contribution in [3.05, 3.63) is 0 Å². The Balaban J connectivity index is 5.25. The number of hydrogen-bond acceptors (Lipinski definition) is 15. The maximum absolute atomic E-state index is 13.1. The number of aliphatic hydroxyl groups is 1. The van der Waals surface area contributed by atoms with Crippen LogP contribution >= 0.6 is 15.6 Å². The minimum Gasteiger partial charge on any atom is -0.462 e. The van der Waals surface area contributed by atoms with Gasteiger partial charge in [0.15, 0.2) is 12.2 Å². The smallest absolute Gasteiger partial charge is 0.462 e. The van der Waals surface area contributed by atoms with Crippen molar-refractivity contribution >= 4 is 39.5 Å². The molecule has 0 spiro atoms. The van der Waals surface area contributed by atoms with Crippen molar-refractivity contribution in [1.82, 2.24) is 0 Å². The first kappa shape index (κ1) is 100. The third kappa shape index (κ3) is 76.3. The molecule has 0 aliphatic carbocycles. The van der Waals surface area contributed by atoms with Crippen molar-refractivity contribution in [3.8, 4) is 0 Å². The van der Waals surface area contributed by atoms with Crippen LogP contribution in [0.3, 0.4) is 0 Å². The number of unbranched alkanes of at least 4 members (excludes halogenated alkanes) is 52. The van der Waals surface area contributed by atoms with E-state index in [4.69, 9.17) is 37.0 Å². The van der Waals surface area contributed by atoms with Crippen molar-refractivity contribution in [2.45, 2.75) is 458 Å². The standard InChI is InChI=1S/C83H162O17P2/c1-7-9-11-13-15-17-19-20-21-24-31-37-43-49-55-61-67-82(87)99-78(71-93-80(85)65-59-53-47-41-33-18-16-14-12-10-8-2)73-97-101(89,90)95-69-77(84)70-96-102(91,92)98-74-79(72-94-81(86)66-60-54-48-42-36-30-27-26-29-35-40-46-52-58-64-76(5)6)100-83(88)68-62-56-50-44-38-32-25-22-23-28-34-39-45-51-57-63-75(3)4/h75-79,84H,7-74H2,1-6H3,(H,89,90)(H,91,92)/t77-,78+,79+/m0/s1. The highest BCUT2D eigenvalue weighted by atomic mass is 31.2. The van der Waals surface area contributed by atoms with Crippen LogP contribution < -0.4 is 0 Å². The Hall–Kier alpha value is -1.94. The van der Waals surface area contributed by atoms with E-state index < -0.39 is 97.5 Å². The summed E-state index contributed by atoms with van der Waals surface area (Å²) in [5, 5.41) is 10.7. The number of hydrogen-bond donors (Lipinski definition) is 3. The molecule has 0 aromatic carbocycles. The molecule has 3 N–H and O–H groups in total. The van der Waals surface area contributed by atoms with Gasteiger partial charge >= 0.3 is 39.5 Å². The molecule has 0 aliphatic rings. The normalized spacial score (nSPS) is 13.9. The number of aliphatic hydroxyl groups excluding tert-OH is 1. The van der Waals surface area contributed by atoms with E-state index in [-0.39, 0.29) is 25.7 Å². The molecule has 0 radical (unpaired) electrons. The van der Waals surface area contributed by atoms with Gasteiger partial charge in [-0.1, -0.05) is 388 Å². The monoisotopic (exact) mass is 1490 g/mol. The first-order valence-electron chi connectivity index (χ1n) is 43.0. The lowest BCUT2D eigenvalue weighted by Gasteiger charge is -2.21. The first-order valence-corrected chi connectivity index (χ1v) is 46.0. The van der Waals surface area contributed by atoms with Crippen LogP contribution in [0, 0.1) is 11.8 Å². The molecule has 17 nitrogen and oxygen atoms in total. The predicted molar refractivity (Wildman–Crippen MR) is 418 cm³/mol. The highest BCUT2D eigenvalue weighted by Crippen LogP contribution is 2.45. The number of phosphoric ester groups is 2. The first-order chi connectivity index (χ1) is 49.4. The van der Waals surface area contributed by atoms with Gasteiger partial charge in [0.1, 0.15) is 19.3 Å². The van der Waals surface area contributed by atoms with Gasteiger partial charge in [-0.25, -0.2) is 9.13 Å². The number of carbonyl (C=O) groups excluding carboxylic acids is 4. The Kier molecular flexibility index (Phi) is 73.1. The quantitative estimate of drug-likeness (QED) is 0.0222. The summed E-state index contributed by atoms with van der Waals surface area (Å²) in [5.41, 5.74) is 0. The molecular weight excluding hydrogens is 1330 g/mol. The SMILES string of the molecule is CCCCCCCCCCCCCCCCCCC(=O)O[C@H](COC(=O)CCCCCCCCCCCCC)COP(=O)(O)OC[C@H](O)COP(=O)(O)OC[C@@H](COC(=O)CCCCCCCCCCCCCCCCC(C)C)OC(=O)CCCCCCCCCCCCCCCCCC(C)C. The van der Waals surface area contributed by atoms with Gasteiger partial charge in [0.2, 0.25) is 0 Å². The topological polar surface area (TPSA) is 237 Å². The van der Waals surface area contributed by atoms with Crippen LogP contribution in [-0.2, 0) is 65.4 Å². The molecule has 2 unspecified atom stereocenters. The van der Waals surface area contributed by atoms with Crippen LogP contribution in [0.4, 0.5) is 0 Å². The van der Waals surface area contributed by atoms with Crippen molar-refractivity contribution in [2.75, 3.05) is 39.6 Å². The number of ether oxygens (including phenoxy) is 4. The number of esters is 4. The second-order valence-corrected chi connectivity index (χ2v) is 33.7. The minimum atomic E-state index is -4.96. The molecule has 102 heavy (non-hydrogen) atoms. The fourth-order valence-electron chi connectivity index (χ4n) is 12.9. The summed E-state index contributed by atoms with van der Waals surface area (Å²) < 4.78 is 68.8. The Morgan fingerprint density at radius 3 is 0.667 bits per heavy atom. The van der Waals surface area contributed by atoms with Gasteiger partial charge in [0, 0.05) is 25.7 Å². The van der Waals surface area contributed by atoms with Gasteiger partial charge in [-0.3, -0.25) is 37.3 Å². The minimum absolute atomic E-state index is 0.108. The fraction of sp³-hybridized carbons (Fsp3) is 0.952. The lowest BCUT2D eigenvalue weighted by Crippen LogP contribution is -2.30. The molecule has 0 aromatic heterocycles. The van der Waals surface area contributed by atoms with E-state index in [0.717, 1.165) is 102 Å². The summed E-state index contributed by atoms with van der Waals surface area (Å²) in [6.45, 7) is 9.71. The molecule has 0 rings (SSSR count). The lowest BCUT2D eigenvalue weighted by atomic mass is 10.0. The summed E-state index contributed by atoms with van der Waals surface area (Å²) in [6.07, 6.45) is 65.1. The number of phosphoric acid groups is 2. The van der Waals surface area contributed by atoms with E-state index >= 15 is 0 Å². The maximum atomic E-state index is 13.1. The Morgan fingerprint density at radius 1 is 0.265 bits per heavy atom. The van der Waals surface area contributed by atoms with E-state index in [2.05, 4.69) is 41.5 Å². The highest BCUT2D eigenvalue weighted by Gasteiger charge is 2.30. The summed E-state index contributed by atoms with van der Waals surface area (Å²) in [4.78, 5) is 73.1. The average Bonchev–Trinajstić information content (AvgIpc) is 0.924. The van der Waals surface area contributed by atoms with E-state index in [9.17, 15) is 43.2 Å². The molecule has 0 fully saturated rings. The van der Waals surface area contributed by atoms with E-state index in [0.29, 0.717) is 25.7 Å². The second-order valence-electron chi connectivity index (χ2n) is 30.8. The molecule has 0 aromatic rings. The summed E-state index contributed by atoms with van der Waals surface area (Å²) >= 11 is 0. The molecule has 606 valence electrons. The van der Waals surface area contributed by atoms with Gasteiger partial charge in [-0.05, 0) is 37.5 Å². The summed E-state index contributed by atoms with van der Waals surface area (Å²) in [5.74, 6) is -0.501. The molecule has 5 atom stereocenters. The molecule has 0 bridgehead atoms. The zero-order valence-electron chi connectivity index (χ0n) is 66.9. The van der Waals surface area contributed by atoms with Crippen molar-refractivity contribution in [1.29, 1.82) is 0 Å². The molecular formula is C83H162O17P2. The van der Waals surface area contributed by atoms with Gasteiger partial charge in [0.05, 0.1) is 26.4 Å². The Morgan fingerprint density at radius 2 is 0.451 bits per heavy atom. The zero-order valence-corrected chi connectivity index (χ0v) is 68.7. The van der Waals surface area contributed by atoms with E-state index in [1.165, 1.54) is 257 Å². The van der Waals surface area contributed by atoms with Gasteiger partial charge in [-0.2, -0.15) is 0 Å². The Labute approximate surface area is 626 Å². The van der Waals surface area contributed by atoms with Gasteiger partial charge < -0.3 is 33.8 Å². The average molecular weight is 1490 g/mol. The second kappa shape index (κ2) is 74.5. The molecule has 0 amide bonds. The van der Waals surface area contributed by atoms with Crippen LogP contribution in [0.1, 0.15) is 440 Å². The fourth-order valence-corrected chi connectivity index (χ4v) is 14.5. The van der Waals surface area contributed by atoms with Crippen LogP contribution in [0.15, 0.2) is 0 Å². The zero-order chi connectivity index (χ0) is 74.9. The van der Waals surface area contributed by atoms with Gasteiger partial charge in [0.25, 0.3) is 0 Å². The number of rotatable bonds is 82. The highest BCUT2D eigenvalue weighted by molar-refractivity contribution is 7.47. The molecule has 19 heteroatoms. The van der Waals surface area contributed by atoms with E-state index in [1.54, 1.807) is 0 Å². The lowest BCUT2D eigenvalue weighted by molar-refractivity contribution is -0.161. The molecule has 0 heterocycles. The van der Waals surface area contributed by atoms with Crippen molar-refractivity contribution in [3.63, 3.8) is 0 Å². The number of carbonyl (C=O) groups is 4. The van der Waals surface area contributed by atoms with Crippen LogP contribution in [0.5, 0.6) is 0 Å². The van der Waals surface area contributed by atoms with E-state index in [1.807, 2.05) is 0 Å². The Bertz CT molecular complexity index is 1960. The van der Waals surface area contributed by atoms with Crippen molar-refractivity contribution in [2.24, 2.45) is 11.8 Å². The maximum Gasteiger partial charge on any atom is 0.472 e. The predicted octanol–water partition coefficient (Wildman–Crippen LogP) is 25.1. The molecule has 0 aliphatic heterocycles. The summed E-state index contributed by atoms with van der Waals surface area (Å²) in [7, 11) is -9.92. The van der Waals surface area contributed by atoms with Crippen molar-refractivity contribution < 1.29 is 80.2 Å². The summed E-state index contributed by atoms with van der Waals surface area (Å²) in [6, 6.07) is 0. The molecule has 0 saturated heterocycles. The molecule has 0 saturated carbocycles. The van der Waals surface area contributed by atoms with Crippen LogP contribution in [0.25, 0.3) is 0 Å². The third-order valence-electron chi connectivity index (χ3n) is 19.5. The largest absolute Gasteiger partial charge is 0.472 e. The van der Waals surface area contributed by atoms with Crippen LogP contribution in [-0.4, -0.2) is 96.7 Å².